The van der Waals surface area contributed by atoms with Gasteiger partial charge in [-0.15, -0.1) is 0 Å². The second kappa shape index (κ2) is 6.49. The first-order valence-corrected chi connectivity index (χ1v) is 8.24. The molecule has 114 valence electrons. The fourth-order valence-electron chi connectivity index (χ4n) is 3.12. The maximum Gasteiger partial charge on any atom is 0.173 e. The summed E-state index contributed by atoms with van der Waals surface area (Å²) < 4.78 is 0. The smallest absolute Gasteiger partial charge is 0.173 e. The van der Waals surface area contributed by atoms with Crippen molar-refractivity contribution in [3.63, 3.8) is 0 Å². The summed E-state index contributed by atoms with van der Waals surface area (Å²) in [7, 11) is 2.09. The number of aryl methyl sites for hydroxylation is 2. The summed E-state index contributed by atoms with van der Waals surface area (Å²) in [5.74, 6) is 0. The molecule has 0 fully saturated rings. The summed E-state index contributed by atoms with van der Waals surface area (Å²) in [5.41, 5.74) is 5.19. The van der Waals surface area contributed by atoms with Gasteiger partial charge >= 0.3 is 0 Å². The lowest BCUT2D eigenvalue weighted by Gasteiger charge is -2.35. The van der Waals surface area contributed by atoms with Crippen LogP contribution in [0.4, 0.5) is 5.69 Å². The van der Waals surface area contributed by atoms with Crippen LogP contribution in [0, 0.1) is 6.92 Å². The predicted molar refractivity (Wildman–Crippen MR) is 97.3 cm³/mol. The van der Waals surface area contributed by atoms with Crippen LogP contribution in [0.5, 0.6) is 0 Å². The lowest BCUT2D eigenvalue weighted by molar-refractivity contribution is 0.336. The predicted octanol–water partition coefficient (Wildman–Crippen LogP) is 4.70. The zero-order valence-corrected chi connectivity index (χ0v) is 14.0. The third kappa shape index (κ3) is 3.14. The molecule has 0 saturated heterocycles. The van der Waals surface area contributed by atoms with Crippen molar-refractivity contribution in [1.29, 1.82) is 0 Å². The fraction of sp³-hybridized carbons (Fsp3) is 0.316. The van der Waals surface area contributed by atoms with Gasteiger partial charge in [-0.2, -0.15) is 0 Å². The molecular weight excluding hydrogens is 288 g/mol. The summed E-state index contributed by atoms with van der Waals surface area (Å²) in [6.45, 7) is 2.09. The Balaban J connectivity index is 1.75. The van der Waals surface area contributed by atoms with E-state index in [1.165, 1.54) is 29.5 Å². The van der Waals surface area contributed by atoms with E-state index in [2.05, 4.69) is 72.7 Å². The maximum atomic E-state index is 5.62. The van der Waals surface area contributed by atoms with Gasteiger partial charge in [-0.25, -0.2) is 0 Å². The molecule has 0 spiro atoms. The van der Waals surface area contributed by atoms with Crippen LogP contribution in [0.25, 0.3) is 0 Å². The van der Waals surface area contributed by atoms with Gasteiger partial charge in [-0.1, -0.05) is 42.0 Å². The topological polar surface area (TPSA) is 15.3 Å². The SMILES string of the molecule is Cc1ccc(NC(=S)N(C)[C@@H]2CCCc3ccccc32)cc1. The van der Waals surface area contributed by atoms with E-state index in [-0.39, 0.29) is 0 Å². The number of hydrogen-bond acceptors (Lipinski definition) is 1. The zero-order chi connectivity index (χ0) is 15.5. The Labute approximate surface area is 138 Å². The second-order valence-electron chi connectivity index (χ2n) is 6.01. The Morgan fingerprint density at radius 1 is 1.14 bits per heavy atom. The molecule has 2 aromatic carbocycles. The lowest BCUT2D eigenvalue weighted by Crippen LogP contribution is -2.36. The molecule has 0 bridgehead atoms. The van der Waals surface area contributed by atoms with E-state index in [0.717, 1.165) is 17.2 Å². The first-order chi connectivity index (χ1) is 10.6. The van der Waals surface area contributed by atoms with Gasteiger partial charge in [0.1, 0.15) is 0 Å². The highest BCUT2D eigenvalue weighted by atomic mass is 32.1. The van der Waals surface area contributed by atoms with E-state index in [1.54, 1.807) is 0 Å². The Kier molecular flexibility index (Phi) is 4.44. The molecule has 0 amide bonds. The Morgan fingerprint density at radius 2 is 1.86 bits per heavy atom. The average Bonchev–Trinajstić information content (AvgIpc) is 2.55. The molecule has 3 heteroatoms. The summed E-state index contributed by atoms with van der Waals surface area (Å²) in [6, 6.07) is 17.5. The minimum atomic E-state index is 0.371. The molecule has 22 heavy (non-hydrogen) atoms. The highest BCUT2D eigenvalue weighted by molar-refractivity contribution is 7.80. The van der Waals surface area contributed by atoms with E-state index in [9.17, 15) is 0 Å². The quantitative estimate of drug-likeness (QED) is 0.809. The number of fused-ring (bicyclic) bond motifs is 1. The van der Waals surface area contributed by atoms with Gasteiger partial charge in [-0.3, -0.25) is 0 Å². The number of thiocarbonyl (C=S) groups is 1. The summed E-state index contributed by atoms with van der Waals surface area (Å²) in [4.78, 5) is 2.20. The van der Waals surface area contributed by atoms with Crippen molar-refractivity contribution in [2.24, 2.45) is 0 Å². The van der Waals surface area contributed by atoms with Crippen LogP contribution in [0.3, 0.4) is 0 Å². The van der Waals surface area contributed by atoms with E-state index in [0.29, 0.717) is 6.04 Å². The second-order valence-corrected chi connectivity index (χ2v) is 6.40. The number of hydrogen-bond donors (Lipinski definition) is 1. The molecular formula is C19H22N2S. The third-order valence-corrected chi connectivity index (χ3v) is 4.82. The monoisotopic (exact) mass is 310 g/mol. The maximum absolute atomic E-state index is 5.62. The van der Waals surface area contributed by atoms with Crippen LogP contribution in [-0.4, -0.2) is 17.1 Å². The molecule has 2 aromatic rings. The van der Waals surface area contributed by atoms with Crippen molar-refractivity contribution in [3.05, 3.63) is 65.2 Å². The molecule has 1 aliphatic rings. The number of anilines is 1. The lowest BCUT2D eigenvalue weighted by atomic mass is 9.87. The van der Waals surface area contributed by atoms with Crippen LogP contribution in [0.15, 0.2) is 48.5 Å². The van der Waals surface area contributed by atoms with Crippen LogP contribution in [0.2, 0.25) is 0 Å². The van der Waals surface area contributed by atoms with E-state index in [1.807, 2.05) is 0 Å². The molecule has 0 aliphatic heterocycles. The van der Waals surface area contributed by atoms with Gasteiger partial charge < -0.3 is 10.2 Å². The largest absolute Gasteiger partial charge is 0.345 e. The van der Waals surface area contributed by atoms with Crippen LogP contribution in [-0.2, 0) is 6.42 Å². The highest BCUT2D eigenvalue weighted by Crippen LogP contribution is 2.33. The number of rotatable bonds is 2. The van der Waals surface area contributed by atoms with Crippen molar-refractivity contribution in [2.75, 3.05) is 12.4 Å². The molecule has 2 nitrogen and oxygen atoms in total. The number of nitrogens with zero attached hydrogens (tertiary/aromatic N) is 1. The van der Waals surface area contributed by atoms with Crippen molar-refractivity contribution in [1.82, 2.24) is 4.90 Å². The van der Waals surface area contributed by atoms with E-state index in [4.69, 9.17) is 12.2 Å². The summed E-state index contributed by atoms with van der Waals surface area (Å²) in [6.07, 6.45) is 3.56. The van der Waals surface area contributed by atoms with Crippen molar-refractivity contribution in [3.8, 4) is 0 Å². The summed E-state index contributed by atoms with van der Waals surface area (Å²) >= 11 is 5.62. The Hall–Kier alpha value is -1.87. The highest BCUT2D eigenvalue weighted by Gasteiger charge is 2.24. The minimum Gasteiger partial charge on any atom is -0.345 e. The van der Waals surface area contributed by atoms with Crippen LogP contribution in [0.1, 0.15) is 35.6 Å². The van der Waals surface area contributed by atoms with Gasteiger partial charge in [-0.05, 0) is 61.7 Å². The molecule has 1 atom stereocenters. The van der Waals surface area contributed by atoms with Gasteiger partial charge in [0, 0.05) is 12.7 Å². The van der Waals surface area contributed by atoms with Crippen molar-refractivity contribution >= 4 is 23.0 Å². The van der Waals surface area contributed by atoms with Crippen molar-refractivity contribution in [2.45, 2.75) is 32.2 Å². The molecule has 0 heterocycles. The molecule has 1 N–H and O–H groups in total. The number of nitrogens with one attached hydrogen (secondary N) is 1. The Morgan fingerprint density at radius 3 is 2.64 bits per heavy atom. The molecule has 0 unspecified atom stereocenters. The molecule has 3 rings (SSSR count). The van der Waals surface area contributed by atoms with E-state index >= 15 is 0 Å². The molecule has 0 saturated carbocycles. The molecule has 0 radical (unpaired) electrons. The normalized spacial score (nSPS) is 16.7. The standard InChI is InChI=1S/C19H22N2S/c1-14-10-12-16(13-11-14)20-19(22)21(2)18-9-5-7-15-6-3-4-8-17(15)18/h3-4,6,8,10-13,18H,5,7,9H2,1-2H3,(H,20,22)/t18-/m1/s1. The number of benzene rings is 2. The van der Waals surface area contributed by atoms with Gasteiger partial charge in [0.05, 0.1) is 6.04 Å². The molecule has 0 aromatic heterocycles. The van der Waals surface area contributed by atoms with Gasteiger partial charge in [0.2, 0.25) is 0 Å². The van der Waals surface area contributed by atoms with E-state index < -0.39 is 0 Å². The third-order valence-electron chi connectivity index (χ3n) is 4.43. The van der Waals surface area contributed by atoms with Gasteiger partial charge in [0.15, 0.2) is 5.11 Å². The average molecular weight is 310 g/mol. The zero-order valence-electron chi connectivity index (χ0n) is 13.2. The van der Waals surface area contributed by atoms with Gasteiger partial charge in [0.25, 0.3) is 0 Å². The molecule has 1 aliphatic carbocycles. The van der Waals surface area contributed by atoms with Crippen LogP contribution >= 0.6 is 12.2 Å². The summed E-state index contributed by atoms with van der Waals surface area (Å²) in [5, 5.41) is 4.14. The van der Waals surface area contributed by atoms with Crippen LogP contribution < -0.4 is 5.32 Å². The fourth-order valence-corrected chi connectivity index (χ4v) is 3.37. The Bertz CT molecular complexity index is 663. The minimum absolute atomic E-state index is 0.371. The van der Waals surface area contributed by atoms with Crippen molar-refractivity contribution < 1.29 is 0 Å². The first-order valence-electron chi connectivity index (χ1n) is 7.83. The first kappa shape index (κ1) is 15.0.